The van der Waals surface area contributed by atoms with E-state index in [0.717, 1.165) is 25.3 Å². The van der Waals surface area contributed by atoms with E-state index in [0.29, 0.717) is 12.1 Å². The Morgan fingerprint density at radius 2 is 1.90 bits per heavy atom. The zero-order chi connectivity index (χ0) is 15.1. The molecule has 0 bridgehead atoms. The second-order valence-electron chi connectivity index (χ2n) is 5.58. The summed E-state index contributed by atoms with van der Waals surface area (Å²) in [6.45, 7) is 4.05. The minimum atomic E-state index is -3.24. The first kappa shape index (κ1) is 16.1. The third-order valence-corrected chi connectivity index (χ3v) is 5.09. The zero-order valence-corrected chi connectivity index (χ0v) is 13.5. The molecule has 0 spiro atoms. The number of rotatable bonds is 6. The summed E-state index contributed by atoms with van der Waals surface area (Å²) < 4.78 is 26.3. The van der Waals surface area contributed by atoms with Gasteiger partial charge in [-0.2, -0.15) is 0 Å². The molecule has 6 heteroatoms. The smallest absolute Gasteiger partial charge is 0.232 e. The first-order valence-corrected chi connectivity index (χ1v) is 9.47. The van der Waals surface area contributed by atoms with Crippen LogP contribution in [0.5, 0.6) is 0 Å². The number of hydrogen-bond donors (Lipinski definition) is 1. The molecule has 21 heavy (non-hydrogen) atoms. The highest BCUT2D eigenvalue weighted by Crippen LogP contribution is 2.19. The molecular formula is C15H25N3O2S. The summed E-state index contributed by atoms with van der Waals surface area (Å²) in [4.78, 5) is 6.69. The van der Waals surface area contributed by atoms with Gasteiger partial charge in [0.2, 0.25) is 10.0 Å². The van der Waals surface area contributed by atoms with Gasteiger partial charge >= 0.3 is 0 Å². The van der Waals surface area contributed by atoms with Crippen molar-refractivity contribution in [3.63, 3.8) is 0 Å². The number of anilines is 2. The van der Waals surface area contributed by atoms with Crippen molar-refractivity contribution in [2.45, 2.75) is 45.4 Å². The third-order valence-electron chi connectivity index (χ3n) is 3.72. The van der Waals surface area contributed by atoms with Gasteiger partial charge in [0.05, 0.1) is 17.6 Å². The van der Waals surface area contributed by atoms with Crippen molar-refractivity contribution in [2.75, 3.05) is 28.5 Å². The summed E-state index contributed by atoms with van der Waals surface area (Å²) in [6.07, 6.45) is 8.13. The van der Waals surface area contributed by atoms with Crippen molar-refractivity contribution < 1.29 is 8.42 Å². The maximum atomic E-state index is 11.8. The molecule has 1 aliphatic rings. The lowest BCUT2D eigenvalue weighted by Crippen LogP contribution is -2.24. The number of aromatic nitrogens is 1. The molecule has 1 aromatic heterocycles. The summed E-state index contributed by atoms with van der Waals surface area (Å²) in [6, 6.07) is 3.71. The fraction of sp³-hybridized carbons (Fsp3) is 0.667. The molecule has 0 unspecified atom stereocenters. The molecule has 0 aliphatic carbocycles. The lowest BCUT2D eigenvalue weighted by Gasteiger charge is -2.21. The Bertz CT molecular complexity index is 520. The van der Waals surface area contributed by atoms with Gasteiger partial charge in [-0.15, -0.1) is 0 Å². The van der Waals surface area contributed by atoms with Crippen molar-refractivity contribution in [2.24, 2.45) is 0 Å². The molecule has 1 saturated heterocycles. The van der Waals surface area contributed by atoms with Gasteiger partial charge in [0, 0.05) is 13.1 Å². The Morgan fingerprint density at radius 1 is 1.19 bits per heavy atom. The normalized spacial score (nSPS) is 16.5. The molecule has 0 aromatic carbocycles. The van der Waals surface area contributed by atoms with E-state index >= 15 is 0 Å². The summed E-state index contributed by atoms with van der Waals surface area (Å²) in [5, 5.41) is 0. The average Bonchev–Trinajstić information content (AvgIpc) is 2.75. The van der Waals surface area contributed by atoms with E-state index in [4.69, 9.17) is 0 Å². The highest BCUT2D eigenvalue weighted by molar-refractivity contribution is 7.92. The maximum Gasteiger partial charge on any atom is 0.232 e. The molecule has 5 nitrogen and oxygen atoms in total. The standard InChI is InChI=1S/C15H25N3O2S/c1-2-3-12-21(19,20)17-14-8-9-15(16-13-14)18-10-6-4-5-7-11-18/h8-9,13,17H,2-7,10-12H2,1H3. The molecule has 1 fully saturated rings. The molecule has 0 radical (unpaired) electrons. The average molecular weight is 311 g/mol. The fourth-order valence-corrected chi connectivity index (χ4v) is 3.75. The first-order valence-electron chi connectivity index (χ1n) is 7.82. The van der Waals surface area contributed by atoms with Crippen molar-refractivity contribution in [1.82, 2.24) is 4.98 Å². The fourth-order valence-electron chi connectivity index (χ4n) is 2.50. The lowest BCUT2D eigenvalue weighted by molar-refractivity contribution is 0.598. The van der Waals surface area contributed by atoms with Crippen LogP contribution in [0.25, 0.3) is 0 Å². The highest BCUT2D eigenvalue weighted by atomic mass is 32.2. The minimum absolute atomic E-state index is 0.164. The van der Waals surface area contributed by atoms with Crippen molar-refractivity contribution in [3.8, 4) is 0 Å². The molecule has 0 saturated carbocycles. The Labute approximate surface area is 127 Å². The van der Waals surface area contributed by atoms with Crippen LogP contribution in [0.2, 0.25) is 0 Å². The van der Waals surface area contributed by atoms with Gasteiger partial charge in [-0.3, -0.25) is 4.72 Å². The van der Waals surface area contributed by atoms with Crippen LogP contribution in [-0.2, 0) is 10.0 Å². The van der Waals surface area contributed by atoms with Gasteiger partial charge < -0.3 is 4.90 Å². The number of nitrogens with one attached hydrogen (secondary N) is 1. The third kappa shape index (κ3) is 5.19. The minimum Gasteiger partial charge on any atom is -0.357 e. The first-order chi connectivity index (χ1) is 10.1. The number of pyridine rings is 1. The SMILES string of the molecule is CCCCS(=O)(=O)Nc1ccc(N2CCCCCC2)nc1. The largest absolute Gasteiger partial charge is 0.357 e. The summed E-state index contributed by atoms with van der Waals surface area (Å²) >= 11 is 0. The molecule has 1 N–H and O–H groups in total. The van der Waals surface area contributed by atoms with E-state index in [1.165, 1.54) is 25.7 Å². The van der Waals surface area contributed by atoms with E-state index < -0.39 is 10.0 Å². The highest BCUT2D eigenvalue weighted by Gasteiger charge is 2.12. The molecular weight excluding hydrogens is 286 g/mol. The van der Waals surface area contributed by atoms with Gasteiger partial charge in [0.15, 0.2) is 0 Å². The Kier molecular flexibility index (Phi) is 5.85. The number of hydrogen-bond acceptors (Lipinski definition) is 4. The van der Waals surface area contributed by atoms with E-state index in [-0.39, 0.29) is 5.75 Å². The second kappa shape index (κ2) is 7.64. The van der Waals surface area contributed by atoms with Crippen LogP contribution in [-0.4, -0.2) is 32.2 Å². The Morgan fingerprint density at radius 3 is 2.48 bits per heavy atom. The summed E-state index contributed by atoms with van der Waals surface area (Å²) in [5.41, 5.74) is 0.546. The van der Waals surface area contributed by atoms with Gasteiger partial charge in [-0.05, 0) is 31.4 Å². The topological polar surface area (TPSA) is 62.3 Å². The van der Waals surface area contributed by atoms with Gasteiger partial charge in [-0.25, -0.2) is 13.4 Å². The van der Waals surface area contributed by atoms with E-state index in [9.17, 15) is 8.42 Å². The maximum absolute atomic E-state index is 11.8. The molecule has 0 amide bonds. The molecule has 118 valence electrons. The zero-order valence-electron chi connectivity index (χ0n) is 12.7. The van der Waals surface area contributed by atoms with Crippen LogP contribution in [0, 0.1) is 0 Å². The number of unbranched alkanes of at least 4 members (excludes halogenated alkanes) is 1. The molecule has 0 atom stereocenters. The Balaban J connectivity index is 1.98. The molecule has 1 aromatic rings. The monoisotopic (exact) mass is 311 g/mol. The summed E-state index contributed by atoms with van der Waals surface area (Å²) in [7, 11) is -3.24. The van der Waals surface area contributed by atoms with Crippen LogP contribution in [0.3, 0.4) is 0 Å². The predicted molar refractivity (Wildman–Crippen MR) is 87.2 cm³/mol. The van der Waals surface area contributed by atoms with Gasteiger partial charge in [0.1, 0.15) is 5.82 Å². The van der Waals surface area contributed by atoms with Gasteiger partial charge in [-0.1, -0.05) is 26.2 Å². The molecule has 2 rings (SSSR count). The number of nitrogens with zero attached hydrogens (tertiary/aromatic N) is 2. The lowest BCUT2D eigenvalue weighted by atomic mass is 10.2. The second-order valence-corrected chi connectivity index (χ2v) is 7.42. The van der Waals surface area contributed by atoms with E-state index in [2.05, 4.69) is 14.6 Å². The van der Waals surface area contributed by atoms with Crippen LogP contribution in [0.15, 0.2) is 18.3 Å². The van der Waals surface area contributed by atoms with Crippen LogP contribution >= 0.6 is 0 Å². The summed E-state index contributed by atoms with van der Waals surface area (Å²) in [5.74, 6) is 1.10. The van der Waals surface area contributed by atoms with Crippen LogP contribution in [0.4, 0.5) is 11.5 Å². The van der Waals surface area contributed by atoms with Crippen LogP contribution < -0.4 is 9.62 Å². The van der Waals surface area contributed by atoms with E-state index in [1.807, 2.05) is 13.0 Å². The number of sulfonamides is 1. The van der Waals surface area contributed by atoms with Crippen molar-refractivity contribution >= 4 is 21.5 Å². The predicted octanol–water partition coefficient (Wildman–Crippen LogP) is 3.00. The van der Waals surface area contributed by atoms with Crippen LogP contribution in [0.1, 0.15) is 45.4 Å². The van der Waals surface area contributed by atoms with Crippen molar-refractivity contribution in [1.29, 1.82) is 0 Å². The van der Waals surface area contributed by atoms with E-state index in [1.54, 1.807) is 12.3 Å². The molecule has 2 heterocycles. The van der Waals surface area contributed by atoms with Crippen molar-refractivity contribution in [3.05, 3.63) is 18.3 Å². The Hall–Kier alpha value is -1.30. The van der Waals surface area contributed by atoms with Gasteiger partial charge in [0.25, 0.3) is 0 Å². The quantitative estimate of drug-likeness (QED) is 0.877. The molecule has 1 aliphatic heterocycles.